The standard InChI is InChI=1S/C13H17N3OS/c1-9(7-18-3)16(2)13(17)10-4-5-11-12(6-10)15-8-14-11/h4-6,8-9H,7H2,1-3H3,(H,14,15). The molecule has 18 heavy (non-hydrogen) atoms. The van der Waals surface area contributed by atoms with Crippen LogP contribution in [0.4, 0.5) is 0 Å². The number of fused-ring (bicyclic) bond motifs is 1. The molecule has 0 bridgehead atoms. The molecule has 0 aliphatic carbocycles. The second kappa shape index (κ2) is 5.44. The van der Waals surface area contributed by atoms with Gasteiger partial charge in [-0.15, -0.1) is 0 Å². The molecule has 0 spiro atoms. The lowest BCUT2D eigenvalue weighted by Gasteiger charge is -2.24. The number of imidazole rings is 1. The number of nitrogens with zero attached hydrogens (tertiary/aromatic N) is 2. The maximum absolute atomic E-state index is 12.3. The minimum Gasteiger partial charge on any atom is -0.345 e. The number of aromatic amines is 1. The molecule has 0 radical (unpaired) electrons. The summed E-state index contributed by atoms with van der Waals surface area (Å²) in [6, 6.07) is 5.78. The fourth-order valence-electron chi connectivity index (χ4n) is 1.83. The first kappa shape index (κ1) is 13.0. The minimum atomic E-state index is 0.0491. The average Bonchev–Trinajstić information content (AvgIpc) is 2.84. The summed E-state index contributed by atoms with van der Waals surface area (Å²) in [5, 5.41) is 0. The summed E-state index contributed by atoms with van der Waals surface area (Å²) in [6.45, 7) is 2.06. The Balaban J connectivity index is 2.21. The van der Waals surface area contributed by atoms with E-state index < -0.39 is 0 Å². The van der Waals surface area contributed by atoms with Crippen LogP contribution in [-0.2, 0) is 0 Å². The molecule has 1 aromatic heterocycles. The normalized spacial score (nSPS) is 12.6. The lowest BCUT2D eigenvalue weighted by molar-refractivity contribution is 0.0757. The summed E-state index contributed by atoms with van der Waals surface area (Å²) < 4.78 is 0. The molecule has 2 aromatic rings. The van der Waals surface area contributed by atoms with Gasteiger partial charge in [-0.05, 0) is 31.4 Å². The van der Waals surface area contributed by atoms with Crippen LogP contribution in [-0.4, -0.2) is 45.9 Å². The molecule has 0 aliphatic heterocycles. The molecular weight excluding hydrogens is 246 g/mol. The van der Waals surface area contributed by atoms with Gasteiger partial charge in [0.25, 0.3) is 5.91 Å². The van der Waals surface area contributed by atoms with Crippen molar-refractivity contribution < 1.29 is 4.79 Å². The van der Waals surface area contributed by atoms with E-state index in [9.17, 15) is 4.79 Å². The van der Waals surface area contributed by atoms with Crippen LogP contribution in [0.2, 0.25) is 0 Å². The van der Waals surface area contributed by atoms with Gasteiger partial charge < -0.3 is 9.88 Å². The van der Waals surface area contributed by atoms with Crippen LogP contribution >= 0.6 is 11.8 Å². The second-order valence-corrected chi connectivity index (χ2v) is 5.27. The molecule has 2 rings (SSSR count). The number of rotatable bonds is 4. The topological polar surface area (TPSA) is 49.0 Å². The quantitative estimate of drug-likeness (QED) is 0.921. The number of nitrogens with one attached hydrogen (secondary N) is 1. The van der Waals surface area contributed by atoms with Crippen molar-refractivity contribution in [3.63, 3.8) is 0 Å². The number of benzene rings is 1. The van der Waals surface area contributed by atoms with Crippen molar-refractivity contribution in [2.24, 2.45) is 0 Å². The molecule has 0 fully saturated rings. The van der Waals surface area contributed by atoms with Crippen molar-refractivity contribution in [1.29, 1.82) is 0 Å². The minimum absolute atomic E-state index is 0.0491. The highest BCUT2D eigenvalue weighted by molar-refractivity contribution is 7.98. The zero-order chi connectivity index (χ0) is 13.1. The van der Waals surface area contributed by atoms with Crippen LogP contribution in [0.5, 0.6) is 0 Å². The smallest absolute Gasteiger partial charge is 0.253 e. The zero-order valence-corrected chi connectivity index (χ0v) is 11.6. The number of hydrogen-bond donors (Lipinski definition) is 1. The van der Waals surface area contributed by atoms with E-state index in [0.717, 1.165) is 16.8 Å². The first-order chi connectivity index (χ1) is 8.63. The summed E-state index contributed by atoms with van der Waals surface area (Å²) >= 11 is 1.74. The number of H-pyrrole nitrogens is 1. The molecule has 0 aliphatic rings. The number of hydrogen-bond acceptors (Lipinski definition) is 3. The van der Waals surface area contributed by atoms with E-state index in [1.807, 2.05) is 31.5 Å². The lowest BCUT2D eigenvalue weighted by Crippen LogP contribution is -2.36. The van der Waals surface area contributed by atoms with Crippen molar-refractivity contribution in [1.82, 2.24) is 14.9 Å². The number of aromatic nitrogens is 2. The van der Waals surface area contributed by atoms with Crippen LogP contribution in [0.3, 0.4) is 0 Å². The van der Waals surface area contributed by atoms with Crippen molar-refractivity contribution in [3.05, 3.63) is 30.1 Å². The number of carbonyl (C=O) groups excluding carboxylic acids is 1. The highest BCUT2D eigenvalue weighted by atomic mass is 32.2. The Kier molecular flexibility index (Phi) is 3.91. The Morgan fingerprint density at radius 1 is 1.56 bits per heavy atom. The Morgan fingerprint density at radius 3 is 3.06 bits per heavy atom. The molecule has 4 nitrogen and oxygen atoms in total. The van der Waals surface area contributed by atoms with Gasteiger partial charge in [-0.1, -0.05) is 0 Å². The summed E-state index contributed by atoms with van der Waals surface area (Å²) in [4.78, 5) is 21.3. The SMILES string of the molecule is CSCC(C)N(C)C(=O)c1ccc2nc[nH]c2c1. The van der Waals surface area contributed by atoms with Crippen LogP contribution in [0, 0.1) is 0 Å². The molecule has 1 heterocycles. The molecule has 1 amide bonds. The molecule has 1 atom stereocenters. The van der Waals surface area contributed by atoms with E-state index in [-0.39, 0.29) is 11.9 Å². The number of amides is 1. The number of carbonyl (C=O) groups is 1. The average molecular weight is 263 g/mol. The Morgan fingerprint density at radius 2 is 2.33 bits per heavy atom. The van der Waals surface area contributed by atoms with Crippen LogP contribution in [0.1, 0.15) is 17.3 Å². The molecule has 1 aromatic carbocycles. The summed E-state index contributed by atoms with van der Waals surface area (Å²) in [6.07, 6.45) is 3.68. The van der Waals surface area contributed by atoms with Gasteiger partial charge in [-0.25, -0.2) is 4.98 Å². The van der Waals surface area contributed by atoms with Gasteiger partial charge in [0.2, 0.25) is 0 Å². The predicted molar refractivity (Wildman–Crippen MR) is 76.0 cm³/mol. The van der Waals surface area contributed by atoms with E-state index in [2.05, 4.69) is 16.9 Å². The second-order valence-electron chi connectivity index (χ2n) is 4.35. The Hall–Kier alpha value is -1.49. The lowest BCUT2D eigenvalue weighted by atomic mass is 10.1. The van der Waals surface area contributed by atoms with Crippen molar-refractivity contribution in [2.45, 2.75) is 13.0 Å². The predicted octanol–water partition coefficient (Wildman–Crippen LogP) is 2.39. The van der Waals surface area contributed by atoms with E-state index >= 15 is 0 Å². The first-order valence-electron chi connectivity index (χ1n) is 5.82. The Bertz CT molecular complexity index is 552. The molecule has 0 saturated heterocycles. The maximum Gasteiger partial charge on any atom is 0.253 e. The third kappa shape index (κ3) is 2.51. The highest BCUT2D eigenvalue weighted by Gasteiger charge is 2.17. The van der Waals surface area contributed by atoms with Gasteiger partial charge in [0.05, 0.1) is 17.4 Å². The molecular formula is C13H17N3OS. The Labute approximate surface area is 111 Å². The summed E-state index contributed by atoms with van der Waals surface area (Å²) in [7, 11) is 1.85. The third-order valence-corrected chi connectivity index (χ3v) is 3.87. The van der Waals surface area contributed by atoms with E-state index in [1.165, 1.54) is 0 Å². The molecule has 96 valence electrons. The fraction of sp³-hybridized carbons (Fsp3) is 0.385. The van der Waals surface area contributed by atoms with Gasteiger partial charge in [-0.2, -0.15) is 11.8 Å². The first-order valence-corrected chi connectivity index (χ1v) is 7.22. The van der Waals surface area contributed by atoms with E-state index in [0.29, 0.717) is 5.56 Å². The van der Waals surface area contributed by atoms with Crippen molar-refractivity contribution in [2.75, 3.05) is 19.1 Å². The van der Waals surface area contributed by atoms with E-state index in [4.69, 9.17) is 0 Å². The summed E-state index contributed by atoms with van der Waals surface area (Å²) in [5.41, 5.74) is 2.47. The van der Waals surface area contributed by atoms with Crippen molar-refractivity contribution >= 4 is 28.7 Å². The zero-order valence-electron chi connectivity index (χ0n) is 10.8. The largest absolute Gasteiger partial charge is 0.345 e. The highest BCUT2D eigenvalue weighted by Crippen LogP contribution is 2.14. The summed E-state index contributed by atoms with van der Waals surface area (Å²) in [5.74, 6) is 0.988. The monoisotopic (exact) mass is 263 g/mol. The fourth-order valence-corrected chi connectivity index (χ4v) is 2.53. The molecule has 5 heteroatoms. The van der Waals surface area contributed by atoms with Gasteiger partial charge in [0.15, 0.2) is 0 Å². The molecule has 1 unspecified atom stereocenters. The van der Waals surface area contributed by atoms with Gasteiger partial charge in [-0.3, -0.25) is 4.79 Å². The van der Waals surface area contributed by atoms with Gasteiger partial charge in [0.1, 0.15) is 0 Å². The van der Waals surface area contributed by atoms with E-state index in [1.54, 1.807) is 23.0 Å². The van der Waals surface area contributed by atoms with Crippen molar-refractivity contribution in [3.8, 4) is 0 Å². The van der Waals surface area contributed by atoms with Crippen LogP contribution in [0.25, 0.3) is 11.0 Å². The van der Waals surface area contributed by atoms with Gasteiger partial charge in [0, 0.05) is 24.4 Å². The van der Waals surface area contributed by atoms with Gasteiger partial charge >= 0.3 is 0 Å². The van der Waals surface area contributed by atoms with Crippen LogP contribution in [0.15, 0.2) is 24.5 Å². The van der Waals surface area contributed by atoms with Crippen LogP contribution < -0.4 is 0 Å². The number of thioether (sulfide) groups is 1. The molecule has 1 N–H and O–H groups in total. The maximum atomic E-state index is 12.3. The molecule has 0 saturated carbocycles. The third-order valence-electron chi connectivity index (χ3n) is 3.06.